The summed E-state index contributed by atoms with van der Waals surface area (Å²) in [4.78, 5) is 22.2. The molecule has 6 heteroatoms. The van der Waals surface area contributed by atoms with Crippen LogP contribution >= 0.6 is 15.9 Å². The molecule has 0 aromatic heterocycles. The number of halogens is 1. The second-order valence-electron chi connectivity index (χ2n) is 4.64. The highest BCUT2D eigenvalue weighted by Crippen LogP contribution is 2.24. The van der Waals surface area contributed by atoms with E-state index in [9.17, 15) is 9.59 Å². The first-order valence-corrected chi connectivity index (χ1v) is 7.38. The minimum atomic E-state index is -0.897. The first-order chi connectivity index (χ1) is 10.5. The Hall–Kier alpha value is -2.34. The standard InChI is InChI=1S/C16H15BrN2O3/c1-10(15(20)19-16(18)21)22-14-8-4-12(5-9-14)11-2-6-13(17)7-3-11/h2-10H,1H3,(H3,18,19,20,21)/t10-/m0/s1. The van der Waals surface area contributed by atoms with E-state index in [1.54, 1.807) is 19.1 Å². The van der Waals surface area contributed by atoms with Gasteiger partial charge < -0.3 is 10.5 Å². The van der Waals surface area contributed by atoms with Crippen molar-refractivity contribution in [2.24, 2.45) is 5.73 Å². The second kappa shape index (κ2) is 7.09. The minimum absolute atomic E-state index is 0.535. The van der Waals surface area contributed by atoms with E-state index < -0.39 is 18.0 Å². The van der Waals surface area contributed by atoms with Crippen LogP contribution in [0.5, 0.6) is 5.75 Å². The van der Waals surface area contributed by atoms with Gasteiger partial charge in [0.2, 0.25) is 0 Å². The molecular weight excluding hydrogens is 348 g/mol. The molecule has 2 rings (SSSR count). The van der Waals surface area contributed by atoms with Crippen molar-refractivity contribution < 1.29 is 14.3 Å². The van der Waals surface area contributed by atoms with Crippen LogP contribution < -0.4 is 15.8 Å². The van der Waals surface area contributed by atoms with Gasteiger partial charge in [-0.05, 0) is 42.3 Å². The van der Waals surface area contributed by atoms with Crippen molar-refractivity contribution in [2.75, 3.05) is 0 Å². The van der Waals surface area contributed by atoms with Gasteiger partial charge in [-0.2, -0.15) is 0 Å². The summed E-state index contributed by atoms with van der Waals surface area (Å²) in [6.45, 7) is 1.54. The van der Waals surface area contributed by atoms with Crippen LogP contribution in [-0.4, -0.2) is 18.0 Å². The van der Waals surface area contributed by atoms with Gasteiger partial charge in [-0.1, -0.05) is 40.2 Å². The lowest BCUT2D eigenvalue weighted by Gasteiger charge is -2.13. The summed E-state index contributed by atoms with van der Waals surface area (Å²) >= 11 is 3.40. The zero-order valence-corrected chi connectivity index (χ0v) is 13.5. The van der Waals surface area contributed by atoms with Gasteiger partial charge in [-0.25, -0.2) is 4.79 Å². The van der Waals surface area contributed by atoms with Gasteiger partial charge in [0.15, 0.2) is 6.10 Å². The predicted molar refractivity (Wildman–Crippen MR) is 87.4 cm³/mol. The van der Waals surface area contributed by atoms with E-state index in [1.807, 2.05) is 41.7 Å². The first kappa shape index (κ1) is 16.0. The number of primary amides is 1. The lowest BCUT2D eigenvalue weighted by molar-refractivity contribution is -0.126. The smallest absolute Gasteiger partial charge is 0.318 e. The maximum absolute atomic E-state index is 11.5. The molecule has 5 nitrogen and oxygen atoms in total. The molecule has 2 aromatic carbocycles. The van der Waals surface area contributed by atoms with Crippen molar-refractivity contribution in [1.82, 2.24) is 5.32 Å². The zero-order chi connectivity index (χ0) is 16.1. The van der Waals surface area contributed by atoms with Crippen molar-refractivity contribution >= 4 is 27.9 Å². The number of nitrogens with one attached hydrogen (secondary N) is 1. The molecule has 0 bridgehead atoms. The van der Waals surface area contributed by atoms with E-state index in [-0.39, 0.29) is 0 Å². The molecule has 0 heterocycles. The Balaban J connectivity index is 2.04. The SMILES string of the molecule is C[C@H](Oc1ccc(-c2ccc(Br)cc2)cc1)C(=O)NC(N)=O. The van der Waals surface area contributed by atoms with Crippen LogP contribution in [-0.2, 0) is 4.79 Å². The predicted octanol–water partition coefficient (Wildman–Crippen LogP) is 3.08. The maximum Gasteiger partial charge on any atom is 0.318 e. The number of hydrogen-bond donors (Lipinski definition) is 2. The normalized spacial score (nSPS) is 11.5. The average molecular weight is 363 g/mol. The Morgan fingerprint density at radius 1 is 1.05 bits per heavy atom. The molecule has 0 unspecified atom stereocenters. The fourth-order valence-electron chi connectivity index (χ4n) is 1.85. The topological polar surface area (TPSA) is 81.4 Å². The van der Waals surface area contributed by atoms with Gasteiger partial charge in [0.25, 0.3) is 5.91 Å². The molecule has 0 aliphatic heterocycles. The summed E-state index contributed by atoms with van der Waals surface area (Å²) in [7, 11) is 0. The van der Waals surface area contributed by atoms with Crippen molar-refractivity contribution in [3.8, 4) is 16.9 Å². The number of urea groups is 1. The maximum atomic E-state index is 11.5. The molecule has 2 aromatic rings. The van der Waals surface area contributed by atoms with Gasteiger partial charge in [0.05, 0.1) is 0 Å². The van der Waals surface area contributed by atoms with E-state index in [0.29, 0.717) is 5.75 Å². The Kier molecular flexibility index (Phi) is 5.16. The number of ether oxygens (including phenoxy) is 1. The summed E-state index contributed by atoms with van der Waals surface area (Å²) < 4.78 is 6.48. The largest absolute Gasteiger partial charge is 0.481 e. The van der Waals surface area contributed by atoms with E-state index in [1.165, 1.54) is 0 Å². The molecule has 0 fully saturated rings. The van der Waals surface area contributed by atoms with Crippen LogP contribution in [0.15, 0.2) is 53.0 Å². The Labute approximate surface area is 136 Å². The fourth-order valence-corrected chi connectivity index (χ4v) is 2.11. The Morgan fingerprint density at radius 2 is 1.55 bits per heavy atom. The Morgan fingerprint density at radius 3 is 2.05 bits per heavy atom. The molecule has 114 valence electrons. The molecule has 0 aliphatic rings. The summed E-state index contributed by atoms with van der Waals surface area (Å²) in [5.41, 5.74) is 7.00. The molecule has 0 saturated heterocycles. The van der Waals surface area contributed by atoms with Gasteiger partial charge in [0, 0.05) is 4.47 Å². The third-order valence-electron chi connectivity index (χ3n) is 2.96. The number of carbonyl (C=O) groups excluding carboxylic acids is 2. The van der Waals surface area contributed by atoms with Crippen molar-refractivity contribution in [1.29, 1.82) is 0 Å². The van der Waals surface area contributed by atoms with Crippen molar-refractivity contribution in [3.05, 3.63) is 53.0 Å². The van der Waals surface area contributed by atoms with E-state index in [2.05, 4.69) is 15.9 Å². The number of carbonyl (C=O) groups is 2. The fraction of sp³-hybridized carbons (Fsp3) is 0.125. The zero-order valence-electron chi connectivity index (χ0n) is 11.9. The number of nitrogens with two attached hydrogens (primary N) is 1. The highest BCUT2D eigenvalue weighted by atomic mass is 79.9. The van der Waals surface area contributed by atoms with Crippen LogP contribution in [0.2, 0.25) is 0 Å². The van der Waals surface area contributed by atoms with Crippen molar-refractivity contribution in [3.63, 3.8) is 0 Å². The third-order valence-corrected chi connectivity index (χ3v) is 3.49. The van der Waals surface area contributed by atoms with Gasteiger partial charge >= 0.3 is 6.03 Å². The lowest BCUT2D eigenvalue weighted by atomic mass is 10.1. The molecule has 3 amide bonds. The molecule has 1 atom stereocenters. The van der Waals surface area contributed by atoms with Crippen LogP contribution in [0, 0.1) is 0 Å². The number of imide groups is 1. The lowest BCUT2D eigenvalue weighted by Crippen LogP contribution is -2.42. The van der Waals surface area contributed by atoms with E-state index >= 15 is 0 Å². The molecular formula is C16H15BrN2O3. The highest BCUT2D eigenvalue weighted by Gasteiger charge is 2.15. The van der Waals surface area contributed by atoms with Crippen LogP contribution in [0.25, 0.3) is 11.1 Å². The van der Waals surface area contributed by atoms with E-state index in [4.69, 9.17) is 10.5 Å². The van der Waals surface area contributed by atoms with Gasteiger partial charge in [0.1, 0.15) is 5.75 Å². The van der Waals surface area contributed by atoms with Gasteiger partial charge in [-0.15, -0.1) is 0 Å². The molecule has 0 aliphatic carbocycles. The summed E-state index contributed by atoms with van der Waals surface area (Å²) in [6, 6.07) is 14.4. The number of benzene rings is 2. The molecule has 0 spiro atoms. The summed E-state index contributed by atoms with van der Waals surface area (Å²) in [5, 5.41) is 1.98. The van der Waals surface area contributed by atoms with Crippen LogP contribution in [0.1, 0.15) is 6.92 Å². The molecule has 0 radical (unpaired) electrons. The van der Waals surface area contributed by atoms with Crippen LogP contribution in [0.4, 0.5) is 4.79 Å². The van der Waals surface area contributed by atoms with Crippen LogP contribution in [0.3, 0.4) is 0 Å². The summed E-state index contributed by atoms with van der Waals surface area (Å²) in [5.74, 6) is -0.0440. The van der Waals surface area contributed by atoms with Gasteiger partial charge in [-0.3, -0.25) is 10.1 Å². The average Bonchev–Trinajstić information content (AvgIpc) is 2.48. The Bertz CT molecular complexity index is 669. The second-order valence-corrected chi connectivity index (χ2v) is 5.56. The monoisotopic (exact) mass is 362 g/mol. The molecule has 22 heavy (non-hydrogen) atoms. The molecule has 0 saturated carbocycles. The number of amides is 3. The minimum Gasteiger partial charge on any atom is -0.481 e. The number of rotatable bonds is 4. The summed E-state index contributed by atoms with van der Waals surface area (Å²) in [6.07, 6.45) is -0.814. The molecule has 3 N–H and O–H groups in total. The van der Waals surface area contributed by atoms with E-state index in [0.717, 1.165) is 15.6 Å². The first-order valence-electron chi connectivity index (χ1n) is 6.58. The quantitative estimate of drug-likeness (QED) is 0.876. The highest BCUT2D eigenvalue weighted by molar-refractivity contribution is 9.10. The third kappa shape index (κ3) is 4.33. The van der Waals surface area contributed by atoms with Crippen molar-refractivity contribution in [2.45, 2.75) is 13.0 Å². The number of hydrogen-bond acceptors (Lipinski definition) is 3.